The molecule has 3 aromatic heterocycles. The Labute approximate surface area is 330 Å². The minimum atomic E-state index is -2.94. The lowest BCUT2D eigenvalue weighted by atomic mass is 10.0. The van der Waals surface area contributed by atoms with Crippen molar-refractivity contribution in [2.24, 2.45) is 0 Å². The second-order valence-electron chi connectivity index (χ2n) is 14.8. The molecular weight excluding hydrogens is 711 g/mol. The van der Waals surface area contributed by atoms with Crippen LogP contribution in [0.2, 0.25) is 0 Å². The Hall–Kier alpha value is -7.34. The van der Waals surface area contributed by atoms with Crippen molar-refractivity contribution in [2.75, 3.05) is 0 Å². The maximum absolute atomic E-state index is 6.48. The number of para-hydroxylation sites is 3. The second-order valence-corrected chi connectivity index (χ2v) is 18.5. The molecule has 0 unspecified atom stereocenters. The fraction of sp³-hybridized carbons (Fsp3) is 0. The van der Waals surface area contributed by atoms with Crippen molar-refractivity contribution in [3.05, 3.63) is 200 Å². The van der Waals surface area contributed by atoms with Gasteiger partial charge in [0.1, 0.15) is 11.2 Å². The summed E-state index contributed by atoms with van der Waals surface area (Å²) >= 11 is 0. The molecule has 0 aliphatic carbocycles. The molecule has 0 spiro atoms. The van der Waals surface area contributed by atoms with E-state index in [2.05, 4.69) is 193 Å². The third-order valence-electron chi connectivity index (χ3n) is 11.9. The molecule has 11 aromatic rings. The van der Waals surface area contributed by atoms with Crippen molar-refractivity contribution in [3.8, 4) is 39.5 Å². The number of fused-ring (bicyclic) bond motifs is 9. The summed E-state index contributed by atoms with van der Waals surface area (Å²) in [5.41, 5.74) is 10.3. The summed E-state index contributed by atoms with van der Waals surface area (Å²) in [6.45, 7) is 0. The summed E-state index contributed by atoms with van der Waals surface area (Å²) < 4.78 is 8.86. The number of benzene rings is 8. The van der Waals surface area contributed by atoms with E-state index in [1.54, 1.807) is 0 Å². The molecule has 12 rings (SSSR count). The fourth-order valence-corrected chi connectivity index (χ4v) is 14.5. The molecule has 0 fully saturated rings. The molecule has 1 aliphatic rings. The average molecular weight is 744 g/mol. The molecule has 0 saturated heterocycles. The molecule has 266 valence electrons. The Bertz CT molecular complexity index is 3310. The number of furan rings is 1. The predicted molar refractivity (Wildman–Crippen MR) is 237 cm³/mol. The first-order chi connectivity index (χ1) is 28.3. The summed E-state index contributed by atoms with van der Waals surface area (Å²) in [6.07, 6.45) is 0. The zero-order valence-corrected chi connectivity index (χ0v) is 31.8. The van der Waals surface area contributed by atoms with E-state index in [1.165, 1.54) is 31.9 Å². The highest BCUT2D eigenvalue weighted by Crippen LogP contribution is 2.41. The summed E-state index contributed by atoms with van der Waals surface area (Å²) in [5.74, 6) is 0.704. The summed E-state index contributed by atoms with van der Waals surface area (Å²) in [4.78, 5) is 11.5. The molecule has 4 heterocycles. The summed E-state index contributed by atoms with van der Waals surface area (Å²) in [5, 5.41) is 9.66. The third-order valence-corrected chi connectivity index (χ3v) is 16.6. The van der Waals surface area contributed by atoms with Crippen LogP contribution in [0.4, 0.5) is 0 Å². The lowest BCUT2D eigenvalue weighted by molar-refractivity contribution is 0.669. The van der Waals surface area contributed by atoms with Crippen molar-refractivity contribution >= 4 is 72.7 Å². The van der Waals surface area contributed by atoms with Crippen LogP contribution in [0, 0.1) is 0 Å². The standard InChI is InChI=1S/C52H33N3OSi/c1-4-18-34(19-5-1)50-49-40-27-13-17-31-48(40)57(35-20-6-2-7-21-35,36-22-8-3-9-23-36)52(49)54-51(53-50)39-26-11-15-29-44(39)55-43-28-14-10-24-37(43)41-32-42-38-25-12-16-30-46(38)56-47(42)33-45(41)55/h1-33H. The van der Waals surface area contributed by atoms with Crippen molar-refractivity contribution in [3.63, 3.8) is 0 Å². The zero-order chi connectivity index (χ0) is 37.5. The van der Waals surface area contributed by atoms with E-state index < -0.39 is 8.07 Å². The lowest BCUT2D eigenvalue weighted by Gasteiger charge is -2.30. The highest BCUT2D eigenvalue weighted by molar-refractivity contribution is 7.21. The normalized spacial score (nSPS) is 13.1. The van der Waals surface area contributed by atoms with Crippen LogP contribution in [-0.4, -0.2) is 22.6 Å². The molecule has 4 nitrogen and oxygen atoms in total. The first-order valence-electron chi connectivity index (χ1n) is 19.4. The van der Waals surface area contributed by atoms with E-state index in [9.17, 15) is 0 Å². The maximum Gasteiger partial charge on any atom is 0.203 e. The van der Waals surface area contributed by atoms with E-state index in [0.717, 1.165) is 66.4 Å². The van der Waals surface area contributed by atoms with Gasteiger partial charge in [0.05, 0.1) is 27.7 Å². The SMILES string of the molecule is c1ccc(-c2nc(-c3ccccc3-n3c4ccccc4c4cc5c(cc43)oc3ccccc35)nc3c2-c2ccccc2[Si]3(c2ccccc2)c2ccccc2)cc1. The van der Waals surface area contributed by atoms with Gasteiger partial charge in [-0.2, -0.15) is 0 Å². The van der Waals surface area contributed by atoms with Gasteiger partial charge in [0.2, 0.25) is 8.07 Å². The van der Waals surface area contributed by atoms with Gasteiger partial charge < -0.3 is 8.98 Å². The predicted octanol–water partition coefficient (Wildman–Crippen LogP) is 10.2. The van der Waals surface area contributed by atoms with Crippen LogP contribution in [0.5, 0.6) is 0 Å². The smallest absolute Gasteiger partial charge is 0.203 e. The van der Waals surface area contributed by atoms with E-state index in [1.807, 2.05) is 12.1 Å². The molecule has 0 saturated carbocycles. The van der Waals surface area contributed by atoms with Crippen LogP contribution < -0.4 is 20.9 Å². The van der Waals surface area contributed by atoms with Gasteiger partial charge in [0.25, 0.3) is 0 Å². The molecule has 5 heteroatoms. The van der Waals surface area contributed by atoms with Crippen LogP contribution >= 0.6 is 0 Å². The van der Waals surface area contributed by atoms with Crippen molar-refractivity contribution < 1.29 is 4.42 Å². The van der Waals surface area contributed by atoms with Gasteiger partial charge in [-0.15, -0.1) is 0 Å². The minimum absolute atomic E-state index is 0.704. The lowest BCUT2D eigenvalue weighted by Crippen LogP contribution is -2.73. The minimum Gasteiger partial charge on any atom is -0.456 e. The van der Waals surface area contributed by atoms with Crippen molar-refractivity contribution in [2.45, 2.75) is 0 Å². The van der Waals surface area contributed by atoms with Crippen LogP contribution in [-0.2, 0) is 0 Å². The number of hydrogen-bond acceptors (Lipinski definition) is 3. The van der Waals surface area contributed by atoms with E-state index in [-0.39, 0.29) is 0 Å². The number of hydrogen-bond donors (Lipinski definition) is 0. The molecule has 0 bridgehead atoms. The van der Waals surface area contributed by atoms with Crippen LogP contribution in [0.1, 0.15) is 0 Å². The largest absolute Gasteiger partial charge is 0.456 e. The molecular formula is C52H33N3OSi. The number of rotatable bonds is 5. The van der Waals surface area contributed by atoms with Gasteiger partial charge >= 0.3 is 0 Å². The molecule has 8 aromatic carbocycles. The second kappa shape index (κ2) is 12.3. The third kappa shape index (κ3) is 4.55. The Morgan fingerprint density at radius 3 is 1.82 bits per heavy atom. The Morgan fingerprint density at radius 1 is 0.439 bits per heavy atom. The number of aromatic nitrogens is 3. The molecule has 0 amide bonds. The van der Waals surface area contributed by atoms with Gasteiger partial charge in [-0.3, -0.25) is 0 Å². The topological polar surface area (TPSA) is 43.9 Å². The highest BCUT2D eigenvalue weighted by Gasteiger charge is 2.51. The summed E-state index contributed by atoms with van der Waals surface area (Å²) in [7, 11) is -2.94. The first-order valence-corrected chi connectivity index (χ1v) is 21.4. The van der Waals surface area contributed by atoms with E-state index >= 15 is 0 Å². The average Bonchev–Trinajstić information content (AvgIpc) is 3.92. The molecule has 0 N–H and O–H groups in total. The van der Waals surface area contributed by atoms with Crippen molar-refractivity contribution in [1.82, 2.24) is 14.5 Å². The fourth-order valence-electron chi connectivity index (χ4n) is 9.50. The highest BCUT2D eigenvalue weighted by atomic mass is 28.3. The molecule has 0 atom stereocenters. The quantitative estimate of drug-likeness (QED) is 0.165. The van der Waals surface area contributed by atoms with E-state index in [0.29, 0.717) is 5.82 Å². The zero-order valence-electron chi connectivity index (χ0n) is 30.8. The van der Waals surface area contributed by atoms with Gasteiger partial charge in [0.15, 0.2) is 5.82 Å². The molecule has 1 aliphatic heterocycles. The monoisotopic (exact) mass is 743 g/mol. The Kier molecular flexibility index (Phi) is 6.91. The molecule has 57 heavy (non-hydrogen) atoms. The molecule has 0 radical (unpaired) electrons. The van der Waals surface area contributed by atoms with Gasteiger partial charge in [-0.05, 0) is 51.5 Å². The number of nitrogens with zero attached hydrogens (tertiary/aromatic N) is 3. The summed E-state index contributed by atoms with van der Waals surface area (Å²) in [6, 6.07) is 71.8. The first kappa shape index (κ1) is 32.0. The van der Waals surface area contributed by atoms with Crippen LogP contribution in [0.25, 0.3) is 83.2 Å². The van der Waals surface area contributed by atoms with E-state index in [4.69, 9.17) is 14.4 Å². The van der Waals surface area contributed by atoms with Gasteiger partial charge in [-0.1, -0.05) is 164 Å². The van der Waals surface area contributed by atoms with Gasteiger partial charge in [0, 0.05) is 44.3 Å². The van der Waals surface area contributed by atoms with Crippen LogP contribution in [0.15, 0.2) is 205 Å². The maximum atomic E-state index is 6.48. The van der Waals surface area contributed by atoms with Crippen LogP contribution in [0.3, 0.4) is 0 Å². The Morgan fingerprint density at radius 2 is 1.05 bits per heavy atom. The van der Waals surface area contributed by atoms with Crippen molar-refractivity contribution in [1.29, 1.82) is 0 Å². The van der Waals surface area contributed by atoms with Gasteiger partial charge in [-0.25, -0.2) is 9.97 Å². The Balaban J connectivity index is 1.20.